The van der Waals surface area contributed by atoms with Crippen LogP contribution in [0.15, 0.2) is 39.8 Å². The highest BCUT2D eigenvalue weighted by Gasteiger charge is 2.27. The zero-order valence-electron chi connectivity index (χ0n) is 13.9. The Bertz CT molecular complexity index is 886. The topological polar surface area (TPSA) is 82.3 Å². The molecule has 3 rings (SSSR count). The van der Waals surface area contributed by atoms with Gasteiger partial charge in [-0.2, -0.15) is 4.31 Å². The number of hydrogen-bond donors (Lipinski definition) is 2. The van der Waals surface area contributed by atoms with Crippen molar-refractivity contribution >= 4 is 37.5 Å². The SMILES string of the molecule is Cc1ccc(NC(=O)c2cc(S(=O)(=O)N3CCCCC3)c[nH]2)c(Br)c1. The molecule has 1 amide bonds. The van der Waals surface area contributed by atoms with Crippen molar-refractivity contribution in [3.63, 3.8) is 0 Å². The summed E-state index contributed by atoms with van der Waals surface area (Å²) in [5, 5.41) is 2.77. The maximum Gasteiger partial charge on any atom is 0.272 e. The number of nitrogens with one attached hydrogen (secondary N) is 2. The number of benzene rings is 1. The van der Waals surface area contributed by atoms with E-state index in [4.69, 9.17) is 0 Å². The zero-order valence-corrected chi connectivity index (χ0v) is 16.3. The molecule has 0 saturated carbocycles. The first kappa shape index (κ1) is 18.2. The quantitative estimate of drug-likeness (QED) is 0.785. The Balaban J connectivity index is 1.77. The minimum Gasteiger partial charge on any atom is -0.356 e. The van der Waals surface area contributed by atoms with Gasteiger partial charge in [-0.15, -0.1) is 0 Å². The first-order valence-electron chi connectivity index (χ1n) is 8.14. The van der Waals surface area contributed by atoms with Crippen LogP contribution in [-0.4, -0.2) is 36.7 Å². The van der Waals surface area contributed by atoms with Crippen LogP contribution in [0.3, 0.4) is 0 Å². The Hall–Kier alpha value is -1.64. The number of sulfonamides is 1. The molecule has 1 aromatic heterocycles. The third kappa shape index (κ3) is 3.96. The number of aryl methyl sites for hydroxylation is 1. The van der Waals surface area contributed by atoms with Gasteiger partial charge in [0.25, 0.3) is 5.91 Å². The van der Waals surface area contributed by atoms with E-state index < -0.39 is 10.0 Å². The summed E-state index contributed by atoms with van der Waals surface area (Å²) < 4.78 is 27.5. The molecule has 0 aliphatic carbocycles. The first-order chi connectivity index (χ1) is 11.9. The van der Waals surface area contributed by atoms with Crippen molar-refractivity contribution in [3.8, 4) is 0 Å². The molecule has 1 fully saturated rings. The molecule has 1 aromatic carbocycles. The Morgan fingerprint density at radius 3 is 2.60 bits per heavy atom. The number of H-pyrrole nitrogens is 1. The second-order valence-electron chi connectivity index (χ2n) is 6.15. The summed E-state index contributed by atoms with van der Waals surface area (Å²) in [6, 6.07) is 6.98. The molecule has 2 heterocycles. The summed E-state index contributed by atoms with van der Waals surface area (Å²) >= 11 is 3.41. The van der Waals surface area contributed by atoms with Crippen LogP contribution in [0.2, 0.25) is 0 Å². The van der Waals surface area contributed by atoms with Gasteiger partial charge in [-0.3, -0.25) is 4.79 Å². The molecule has 8 heteroatoms. The summed E-state index contributed by atoms with van der Waals surface area (Å²) in [7, 11) is -3.55. The summed E-state index contributed by atoms with van der Waals surface area (Å²) in [5.74, 6) is -0.385. The number of nitrogens with zero attached hydrogens (tertiary/aromatic N) is 1. The van der Waals surface area contributed by atoms with Crippen LogP contribution in [0.25, 0.3) is 0 Å². The van der Waals surface area contributed by atoms with Crippen LogP contribution >= 0.6 is 15.9 Å². The molecule has 6 nitrogen and oxygen atoms in total. The number of halogens is 1. The van der Waals surface area contributed by atoms with Crippen LogP contribution in [0.4, 0.5) is 5.69 Å². The van der Waals surface area contributed by atoms with E-state index >= 15 is 0 Å². The average molecular weight is 426 g/mol. The summed E-state index contributed by atoms with van der Waals surface area (Å²) in [6.45, 7) is 3.02. The second-order valence-corrected chi connectivity index (χ2v) is 8.94. The third-order valence-corrected chi connectivity index (χ3v) is 6.76. The van der Waals surface area contributed by atoms with E-state index in [9.17, 15) is 13.2 Å². The number of anilines is 1. The van der Waals surface area contributed by atoms with E-state index in [0.717, 1.165) is 29.3 Å². The van der Waals surface area contributed by atoms with E-state index in [2.05, 4.69) is 26.2 Å². The van der Waals surface area contributed by atoms with Crippen LogP contribution in [0.5, 0.6) is 0 Å². The predicted molar refractivity (Wildman–Crippen MR) is 100 cm³/mol. The average Bonchev–Trinajstić information content (AvgIpc) is 3.09. The highest BCUT2D eigenvalue weighted by molar-refractivity contribution is 9.10. The van der Waals surface area contributed by atoms with Gasteiger partial charge in [0.1, 0.15) is 10.6 Å². The molecule has 134 valence electrons. The lowest BCUT2D eigenvalue weighted by atomic mass is 10.2. The fourth-order valence-corrected chi connectivity index (χ4v) is 4.92. The monoisotopic (exact) mass is 425 g/mol. The number of piperidine rings is 1. The smallest absolute Gasteiger partial charge is 0.272 e. The van der Waals surface area contributed by atoms with Crippen LogP contribution in [0, 0.1) is 6.92 Å². The fraction of sp³-hybridized carbons (Fsp3) is 0.353. The largest absolute Gasteiger partial charge is 0.356 e. The summed E-state index contributed by atoms with van der Waals surface area (Å²) in [5.41, 5.74) is 1.91. The Morgan fingerprint density at radius 2 is 1.92 bits per heavy atom. The van der Waals surface area contributed by atoms with Gasteiger partial charge in [-0.1, -0.05) is 12.5 Å². The first-order valence-corrected chi connectivity index (χ1v) is 10.4. The number of carbonyl (C=O) groups is 1. The van der Waals surface area contributed by atoms with Gasteiger partial charge >= 0.3 is 0 Å². The van der Waals surface area contributed by atoms with E-state index in [0.29, 0.717) is 18.8 Å². The molecular formula is C17H20BrN3O3S. The Kier molecular flexibility index (Phi) is 5.31. The van der Waals surface area contributed by atoms with Crippen LogP contribution in [-0.2, 0) is 10.0 Å². The molecule has 0 spiro atoms. The molecule has 1 aliphatic rings. The lowest BCUT2D eigenvalue weighted by Crippen LogP contribution is -2.35. The van der Waals surface area contributed by atoms with Gasteiger partial charge < -0.3 is 10.3 Å². The van der Waals surface area contributed by atoms with E-state index in [1.54, 1.807) is 6.07 Å². The molecule has 0 atom stereocenters. The molecule has 0 radical (unpaired) electrons. The highest BCUT2D eigenvalue weighted by Crippen LogP contribution is 2.25. The molecule has 1 saturated heterocycles. The van der Waals surface area contributed by atoms with Crippen LogP contribution in [0.1, 0.15) is 35.3 Å². The van der Waals surface area contributed by atoms with E-state index in [-0.39, 0.29) is 16.5 Å². The van der Waals surface area contributed by atoms with Gasteiger partial charge in [0.05, 0.1) is 5.69 Å². The molecule has 25 heavy (non-hydrogen) atoms. The normalized spacial score (nSPS) is 15.9. The molecule has 0 bridgehead atoms. The fourth-order valence-electron chi connectivity index (χ4n) is 2.82. The number of aromatic amines is 1. The van der Waals surface area contributed by atoms with Crippen molar-refractivity contribution in [1.82, 2.24) is 9.29 Å². The van der Waals surface area contributed by atoms with Gasteiger partial charge in [-0.05, 0) is 59.5 Å². The molecule has 2 N–H and O–H groups in total. The summed E-state index contributed by atoms with van der Waals surface area (Å²) in [4.78, 5) is 15.3. The van der Waals surface area contributed by atoms with Gasteiger partial charge in [0.2, 0.25) is 10.0 Å². The van der Waals surface area contributed by atoms with E-state index in [1.165, 1.54) is 16.6 Å². The molecule has 1 aliphatic heterocycles. The van der Waals surface area contributed by atoms with Gasteiger partial charge in [0, 0.05) is 23.8 Å². The summed E-state index contributed by atoms with van der Waals surface area (Å²) in [6.07, 6.45) is 4.18. The van der Waals surface area contributed by atoms with Crippen molar-refractivity contribution in [2.24, 2.45) is 0 Å². The Morgan fingerprint density at radius 1 is 1.20 bits per heavy atom. The van der Waals surface area contributed by atoms with Crippen molar-refractivity contribution in [3.05, 3.63) is 46.2 Å². The Labute approximate surface area is 155 Å². The van der Waals surface area contributed by atoms with Gasteiger partial charge in [0.15, 0.2) is 0 Å². The number of carbonyl (C=O) groups excluding carboxylic acids is 1. The van der Waals surface area contributed by atoms with Crippen molar-refractivity contribution < 1.29 is 13.2 Å². The highest BCUT2D eigenvalue weighted by atomic mass is 79.9. The predicted octanol–water partition coefficient (Wildman–Crippen LogP) is 3.51. The minimum atomic E-state index is -3.55. The lowest BCUT2D eigenvalue weighted by Gasteiger charge is -2.25. The van der Waals surface area contributed by atoms with Crippen molar-refractivity contribution in [2.45, 2.75) is 31.1 Å². The maximum atomic E-state index is 12.6. The minimum absolute atomic E-state index is 0.127. The number of rotatable bonds is 4. The number of aromatic nitrogens is 1. The van der Waals surface area contributed by atoms with Crippen molar-refractivity contribution in [1.29, 1.82) is 0 Å². The zero-order chi connectivity index (χ0) is 18.0. The number of hydrogen-bond acceptors (Lipinski definition) is 3. The maximum absolute atomic E-state index is 12.6. The third-order valence-electron chi connectivity index (χ3n) is 4.23. The van der Waals surface area contributed by atoms with Gasteiger partial charge in [-0.25, -0.2) is 8.42 Å². The number of amides is 1. The van der Waals surface area contributed by atoms with E-state index in [1.807, 2.05) is 19.1 Å². The van der Waals surface area contributed by atoms with Crippen molar-refractivity contribution in [2.75, 3.05) is 18.4 Å². The standard InChI is InChI=1S/C17H20BrN3O3S/c1-12-5-6-15(14(18)9-12)20-17(22)16-10-13(11-19-16)25(23,24)21-7-3-2-4-8-21/h5-6,9-11,19H,2-4,7-8H2,1H3,(H,20,22). The lowest BCUT2D eigenvalue weighted by molar-refractivity contribution is 0.102. The molecule has 0 unspecified atom stereocenters. The van der Waals surface area contributed by atoms with Crippen LogP contribution < -0.4 is 5.32 Å². The molecular weight excluding hydrogens is 406 g/mol. The second kappa shape index (κ2) is 7.31. The molecule has 2 aromatic rings.